The lowest BCUT2D eigenvalue weighted by Crippen LogP contribution is -2.58. The molecule has 0 aliphatic rings. The van der Waals surface area contributed by atoms with E-state index in [1.54, 1.807) is 18.3 Å². The third kappa shape index (κ3) is 9.91. The number of fused-ring (bicyclic) bond motifs is 1. The Labute approximate surface area is 259 Å². The molecular formula is C29H38N8O6S. The second kappa shape index (κ2) is 16.2. The van der Waals surface area contributed by atoms with Crippen molar-refractivity contribution in [2.75, 3.05) is 12.3 Å². The molecule has 3 aromatic rings. The van der Waals surface area contributed by atoms with E-state index in [0.29, 0.717) is 5.56 Å². The number of aromatic amines is 1. The molecule has 4 atom stereocenters. The van der Waals surface area contributed by atoms with Crippen LogP contribution < -0.4 is 33.2 Å². The van der Waals surface area contributed by atoms with Crippen molar-refractivity contribution in [1.82, 2.24) is 20.9 Å². The lowest BCUT2D eigenvalue weighted by Gasteiger charge is -2.25. The number of nitrogens with two attached hydrogens (primary N) is 3. The number of phenolic OH excluding ortho intramolecular Hbond substituents is 1. The van der Waals surface area contributed by atoms with Gasteiger partial charge in [-0.15, -0.1) is 0 Å². The van der Waals surface area contributed by atoms with Crippen LogP contribution in [0.15, 0.2) is 59.7 Å². The highest BCUT2D eigenvalue weighted by molar-refractivity contribution is 7.80. The van der Waals surface area contributed by atoms with Gasteiger partial charge in [-0.05, 0) is 42.2 Å². The second-order valence-corrected chi connectivity index (χ2v) is 10.6. The van der Waals surface area contributed by atoms with Gasteiger partial charge in [0.15, 0.2) is 5.96 Å². The Morgan fingerprint density at radius 1 is 0.886 bits per heavy atom. The van der Waals surface area contributed by atoms with Gasteiger partial charge in [-0.25, -0.2) is 4.79 Å². The van der Waals surface area contributed by atoms with Gasteiger partial charge in [-0.1, -0.05) is 30.3 Å². The van der Waals surface area contributed by atoms with Crippen molar-refractivity contribution in [3.63, 3.8) is 0 Å². The molecule has 4 unspecified atom stereocenters. The fourth-order valence-electron chi connectivity index (χ4n) is 4.48. The van der Waals surface area contributed by atoms with Crippen LogP contribution in [0, 0.1) is 0 Å². The van der Waals surface area contributed by atoms with E-state index < -0.39 is 47.9 Å². The number of aromatic hydroxyl groups is 1. The number of hydrogen-bond donors (Lipinski definition) is 10. The fourth-order valence-corrected chi connectivity index (χ4v) is 4.64. The Morgan fingerprint density at radius 2 is 1.52 bits per heavy atom. The molecule has 236 valence electrons. The number of thiol groups is 1. The number of nitrogens with zero attached hydrogens (tertiary/aromatic N) is 1. The number of H-pyrrole nitrogens is 1. The summed E-state index contributed by atoms with van der Waals surface area (Å²) < 4.78 is 0. The molecule has 44 heavy (non-hydrogen) atoms. The minimum atomic E-state index is -1.33. The highest BCUT2D eigenvalue weighted by Crippen LogP contribution is 2.19. The quantitative estimate of drug-likeness (QED) is 0.0425. The highest BCUT2D eigenvalue weighted by atomic mass is 32.1. The highest BCUT2D eigenvalue weighted by Gasteiger charge is 2.31. The van der Waals surface area contributed by atoms with Crippen LogP contribution in [0.2, 0.25) is 0 Å². The monoisotopic (exact) mass is 626 g/mol. The van der Waals surface area contributed by atoms with Crippen LogP contribution in [0.5, 0.6) is 5.75 Å². The zero-order valence-electron chi connectivity index (χ0n) is 23.9. The van der Waals surface area contributed by atoms with Gasteiger partial charge in [0.2, 0.25) is 17.7 Å². The fraction of sp³-hybridized carbons (Fsp3) is 0.345. The Morgan fingerprint density at radius 3 is 2.18 bits per heavy atom. The molecule has 2 aromatic carbocycles. The van der Waals surface area contributed by atoms with E-state index in [2.05, 4.69) is 38.6 Å². The van der Waals surface area contributed by atoms with Crippen molar-refractivity contribution < 1.29 is 29.4 Å². The number of rotatable bonds is 16. The molecule has 0 saturated heterocycles. The number of carbonyl (C=O) groups is 4. The first kappa shape index (κ1) is 33.7. The SMILES string of the molecule is NC(N)=NCCCC(NC(=O)C(Cc1c[nH]c2ccccc12)NC(=O)C(N)CS)C(=O)NC(Cc1ccc(O)cc1)C(=O)O. The van der Waals surface area contributed by atoms with E-state index in [-0.39, 0.29) is 49.7 Å². The van der Waals surface area contributed by atoms with Crippen LogP contribution in [0.4, 0.5) is 0 Å². The normalized spacial score (nSPS) is 13.7. The van der Waals surface area contributed by atoms with Crippen LogP contribution in [0.3, 0.4) is 0 Å². The number of benzene rings is 2. The Bertz CT molecular complexity index is 1470. The van der Waals surface area contributed by atoms with Gasteiger partial charge >= 0.3 is 5.97 Å². The molecular weight excluding hydrogens is 588 g/mol. The van der Waals surface area contributed by atoms with E-state index in [1.807, 2.05) is 24.3 Å². The molecule has 15 heteroatoms. The van der Waals surface area contributed by atoms with Crippen LogP contribution in [-0.2, 0) is 32.0 Å². The van der Waals surface area contributed by atoms with Gasteiger partial charge in [0.05, 0.1) is 6.04 Å². The van der Waals surface area contributed by atoms with E-state index in [9.17, 15) is 29.4 Å². The van der Waals surface area contributed by atoms with Gasteiger partial charge < -0.3 is 48.3 Å². The predicted octanol–water partition coefficient (Wildman–Crippen LogP) is -0.492. The summed E-state index contributed by atoms with van der Waals surface area (Å²) in [6.07, 6.45) is 2.06. The van der Waals surface area contributed by atoms with Gasteiger partial charge in [0.1, 0.15) is 23.9 Å². The smallest absolute Gasteiger partial charge is 0.326 e. The van der Waals surface area contributed by atoms with Crippen molar-refractivity contribution in [2.24, 2.45) is 22.2 Å². The zero-order chi connectivity index (χ0) is 32.2. The molecule has 0 bridgehead atoms. The van der Waals surface area contributed by atoms with Gasteiger partial charge in [-0.2, -0.15) is 12.6 Å². The van der Waals surface area contributed by atoms with E-state index in [1.165, 1.54) is 12.1 Å². The first-order valence-corrected chi connectivity index (χ1v) is 14.5. The Kier molecular flexibility index (Phi) is 12.4. The molecule has 1 heterocycles. The van der Waals surface area contributed by atoms with Crippen LogP contribution in [0.1, 0.15) is 24.0 Å². The average molecular weight is 627 g/mol. The minimum absolute atomic E-state index is 0.0119. The summed E-state index contributed by atoms with van der Waals surface area (Å²) in [5.41, 5.74) is 18.8. The number of aliphatic imine (C=N–C) groups is 1. The molecule has 0 radical (unpaired) electrons. The summed E-state index contributed by atoms with van der Waals surface area (Å²) >= 11 is 4.07. The molecule has 0 aliphatic heterocycles. The number of aliphatic carboxylic acids is 1. The van der Waals surface area contributed by atoms with Crippen molar-refractivity contribution in [1.29, 1.82) is 0 Å². The predicted molar refractivity (Wildman–Crippen MR) is 169 cm³/mol. The summed E-state index contributed by atoms with van der Waals surface area (Å²) in [6.45, 7) is 0.157. The summed E-state index contributed by atoms with van der Waals surface area (Å²) in [6, 6.07) is 8.71. The standard InChI is InChI=1S/C29H38N8O6S/c30-20(15-44)25(39)36-23(13-17-14-34-21-5-2-1-4-19(17)21)27(41)35-22(6-3-11-33-29(31)32)26(40)37-24(28(42)43)12-16-7-9-18(38)10-8-16/h1-2,4-5,7-10,14,20,22-24,34,38,44H,3,6,11-13,15,30H2,(H,35,41)(H,36,39)(H,37,40)(H,42,43)(H4,31,32,33). The molecule has 3 amide bonds. The number of phenols is 1. The van der Waals surface area contributed by atoms with Gasteiger partial charge in [0.25, 0.3) is 0 Å². The third-order valence-electron chi connectivity index (χ3n) is 6.83. The molecule has 14 nitrogen and oxygen atoms in total. The topological polar surface area (TPSA) is 251 Å². The number of nitrogens with one attached hydrogen (secondary N) is 4. The summed E-state index contributed by atoms with van der Waals surface area (Å²) in [5, 5.41) is 28.0. The lowest BCUT2D eigenvalue weighted by atomic mass is 10.0. The van der Waals surface area contributed by atoms with Crippen molar-refractivity contribution >= 4 is 53.2 Å². The summed E-state index contributed by atoms with van der Waals surface area (Å²) in [7, 11) is 0. The average Bonchev–Trinajstić information content (AvgIpc) is 3.40. The number of guanidine groups is 1. The number of amides is 3. The largest absolute Gasteiger partial charge is 0.508 e. The Hall–Kier alpha value is -4.76. The number of hydrogen-bond acceptors (Lipinski definition) is 8. The maximum absolute atomic E-state index is 13.7. The number of carboxylic acid groups (broad SMARTS) is 1. The second-order valence-electron chi connectivity index (χ2n) is 10.2. The van der Waals surface area contributed by atoms with Gasteiger partial charge in [-0.3, -0.25) is 19.4 Å². The molecule has 12 N–H and O–H groups in total. The van der Waals surface area contributed by atoms with Crippen LogP contribution in [0.25, 0.3) is 10.9 Å². The Balaban J connectivity index is 1.83. The number of para-hydroxylation sites is 1. The van der Waals surface area contributed by atoms with Crippen molar-refractivity contribution in [3.8, 4) is 5.75 Å². The molecule has 0 aliphatic carbocycles. The van der Waals surface area contributed by atoms with Crippen LogP contribution in [-0.4, -0.2) is 81.3 Å². The first-order valence-electron chi connectivity index (χ1n) is 13.9. The lowest BCUT2D eigenvalue weighted by molar-refractivity contribution is -0.142. The third-order valence-corrected chi connectivity index (χ3v) is 7.23. The summed E-state index contributed by atoms with van der Waals surface area (Å²) in [4.78, 5) is 58.9. The van der Waals surface area contributed by atoms with E-state index in [4.69, 9.17) is 17.2 Å². The molecule has 0 saturated carbocycles. The zero-order valence-corrected chi connectivity index (χ0v) is 24.8. The van der Waals surface area contributed by atoms with Crippen LogP contribution >= 0.6 is 12.6 Å². The van der Waals surface area contributed by atoms with E-state index >= 15 is 0 Å². The molecule has 1 aromatic heterocycles. The molecule has 0 spiro atoms. The minimum Gasteiger partial charge on any atom is -0.508 e. The summed E-state index contributed by atoms with van der Waals surface area (Å²) in [5.74, 6) is -3.41. The first-order chi connectivity index (χ1) is 21.0. The number of carboxylic acids is 1. The van der Waals surface area contributed by atoms with Gasteiger partial charge in [0, 0.05) is 42.2 Å². The number of carbonyl (C=O) groups excluding carboxylic acids is 3. The maximum atomic E-state index is 13.7. The van der Waals surface area contributed by atoms with Crippen molar-refractivity contribution in [2.45, 2.75) is 49.9 Å². The maximum Gasteiger partial charge on any atom is 0.326 e. The van der Waals surface area contributed by atoms with Crippen molar-refractivity contribution in [3.05, 3.63) is 65.9 Å². The molecule has 3 rings (SSSR count). The molecule has 0 fully saturated rings. The number of aromatic nitrogens is 1. The van der Waals surface area contributed by atoms with E-state index in [0.717, 1.165) is 16.5 Å².